The molecule has 7 nitrogen and oxygen atoms in total. The van der Waals surface area contributed by atoms with Crippen LogP contribution in [0.15, 0.2) is 10.9 Å². The van der Waals surface area contributed by atoms with Gasteiger partial charge in [-0.25, -0.2) is 4.98 Å². The van der Waals surface area contributed by atoms with Crippen LogP contribution < -0.4 is 10.9 Å². The third-order valence-electron chi connectivity index (χ3n) is 4.68. The molecule has 3 rings (SSSR count). The molecule has 2 aliphatic rings. The van der Waals surface area contributed by atoms with Crippen LogP contribution in [0.5, 0.6) is 0 Å². The first-order valence-corrected chi connectivity index (χ1v) is 8.05. The molecule has 1 aromatic rings. The highest BCUT2D eigenvalue weighted by molar-refractivity contribution is 5.87. The van der Waals surface area contributed by atoms with Crippen LogP contribution in [-0.2, 0) is 20.7 Å². The molecule has 0 radical (unpaired) electrons. The quantitative estimate of drug-likeness (QED) is 0.792. The molecule has 1 aliphatic carbocycles. The predicted octanol–water partition coefficient (Wildman–Crippen LogP) is 0.613. The number of H-pyrrole nitrogens is 1. The van der Waals surface area contributed by atoms with E-state index in [1.54, 1.807) is 6.92 Å². The summed E-state index contributed by atoms with van der Waals surface area (Å²) >= 11 is 0. The predicted molar refractivity (Wildman–Crippen MR) is 81.7 cm³/mol. The maximum absolute atomic E-state index is 12.4. The second-order valence-corrected chi connectivity index (χ2v) is 6.37. The molecule has 0 bridgehead atoms. The second-order valence-electron chi connectivity index (χ2n) is 6.37. The van der Waals surface area contributed by atoms with Gasteiger partial charge in [-0.15, -0.1) is 0 Å². The summed E-state index contributed by atoms with van der Waals surface area (Å²) in [6.45, 7) is 2.10. The largest absolute Gasteiger partial charge is 0.458 e. The summed E-state index contributed by atoms with van der Waals surface area (Å²) < 4.78 is 5.48. The van der Waals surface area contributed by atoms with Crippen LogP contribution >= 0.6 is 0 Å². The van der Waals surface area contributed by atoms with E-state index in [9.17, 15) is 14.4 Å². The lowest BCUT2D eigenvalue weighted by Gasteiger charge is -2.27. The average Bonchev–Trinajstić information content (AvgIpc) is 3.05. The van der Waals surface area contributed by atoms with Gasteiger partial charge in [-0.2, -0.15) is 0 Å². The van der Waals surface area contributed by atoms with Crippen LogP contribution in [0.4, 0.5) is 0 Å². The number of esters is 1. The van der Waals surface area contributed by atoms with Crippen LogP contribution in [0.1, 0.15) is 43.6 Å². The van der Waals surface area contributed by atoms with Crippen molar-refractivity contribution in [2.24, 2.45) is 5.92 Å². The Bertz CT molecular complexity index is 676. The third-order valence-corrected chi connectivity index (χ3v) is 4.68. The summed E-state index contributed by atoms with van der Waals surface area (Å²) in [5.41, 5.74) is -0.140. The van der Waals surface area contributed by atoms with E-state index < -0.39 is 11.5 Å². The molecule has 0 unspecified atom stereocenters. The van der Waals surface area contributed by atoms with E-state index in [-0.39, 0.29) is 23.9 Å². The summed E-state index contributed by atoms with van der Waals surface area (Å²) in [5.74, 6) is -0.261. The van der Waals surface area contributed by atoms with Gasteiger partial charge in [0.1, 0.15) is 11.4 Å². The van der Waals surface area contributed by atoms with Crippen LogP contribution in [0.3, 0.4) is 0 Å². The average molecular weight is 319 g/mol. The lowest BCUT2D eigenvalue weighted by molar-refractivity contribution is -0.149. The Hall–Kier alpha value is -2.18. The van der Waals surface area contributed by atoms with Crippen molar-refractivity contribution in [2.45, 2.75) is 51.0 Å². The molecule has 1 saturated heterocycles. The number of ether oxygens (including phenoxy) is 1. The second kappa shape index (κ2) is 6.14. The number of carbonyl (C=O) groups excluding carboxylic acids is 2. The fourth-order valence-electron chi connectivity index (χ4n) is 3.65. The number of hydrogen-bond acceptors (Lipinski definition) is 5. The molecule has 1 spiro atoms. The molecular formula is C16H21N3O4. The highest BCUT2D eigenvalue weighted by Gasteiger charge is 2.53. The number of rotatable bonds is 4. The van der Waals surface area contributed by atoms with E-state index in [0.29, 0.717) is 24.5 Å². The molecule has 2 N–H and O–H groups in total. The standard InChI is InChI=1S/C16H21N3O4/c1-10-18-11(8-13(20)19-10)4-7-17-15(22)12-9-14(21)23-16(12)5-2-3-6-16/h8,12H,2-7,9H2,1H3,(H,17,22)(H,18,19,20)/t12-/m0/s1. The van der Waals surface area contributed by atoms with Crippen molar-refractivity contribution in [1.29, 1.82) is 0 Å². The summed E-state index contributed by atoms with van der Waals surface area (Å²) in [6, 6.07) is 1.43. The highest BCUT2D eigenvalue weighted by atomic mass is 16.6. The zero-order valence-corrected chi connectivity index (χ0v) is 13.2. The minimum atomic E-state index is -0.583. The molecule has 1 aliphatic heterocycles. The van der Waals surface area contributed by atoms with Crippen molar-refractivity contribution in [3.63, 3.8) is 0 Å². The maximum Gasteiger partial charge on any atom is 0.307 e. The van der Waals surface area contributed by atoms with Crippen molar-refractivity contribution in [3.8, 4) is 0 Å². The van der Waals surface area contributed by atoms with Gasteiger partial charge < -0.3 is 15.0 Å². The SMILES string of the molecule is Cc1nc(CCNC(=O)[C@@H]2CC(=O)OC23CCCC3)cc(=O)[nH]1. The Morgan fingerprint density at radius 3 is 2.87 bits per heavy atom. The minimum absolute atomic E-state index is 0.140. The molecule has 2 fully saturated rings. The van der Waals surface area contributed by atoms with Gasteiger partial charge in [0.2, 0.25) is 5.91 Å². The Morgan fingerprint density at radius 1 is 1.43 bits per heavy atom. The van der Waals surface area contributed by atoms with Gasteiger partial charge in [0.15, 0.2) is 0 Å². The zero-order chi connectivity index (χ0) is 16.4. The van der Waals surface area contributed by atoms with Gasteiger partial charge in [0.25, 0.3) is 5.56 Å². The maximum atomic E-state index is 12.4. The van der Waals surface area contributed by atoms with Crippen molar-refractivity contribution in [1.82, 2.24) is 15.3 Å². The Kier molecular flexibility index (Phi) is 4.19. The van der Waals surface area contributed by atoms with E-state index >= 15 is 0 Å². The number of hydrogen-bond donors (Lipinski definition) is 2. The zero-order valence-electron chi connectivity index (χ0n) is 13.2. The summed E-state index contributed by atoms with van der Waals surface area (Å²) in [6.07, 6.45) is 4.16. The van der Waals surface area contributed by atoms with Crippen molar-refractivity contribution in [2.75, 3.05) is 6.54 Å². The Balaban J connectivity index is 1.58. The first-order chi connectivity index (χ1) is 11.0. The van der Waals surface area contributed by atoms with Crippen LogP contribution in [-0.4, -0.2) is 34.0 Å². The molecule has 2 heterocycles. The minimum Gasteiger partial charge on any atom is -0.458 e. The third kappa shape index (κ3) is 3.28. The fraction of sp³-hybridized carbons (Fsp3) is 0.625. The smallest absolute Gasteiger partial charge is 0.307 e. The van der Waals surface area contributed by atoms with E-state index in [1.807, 2.05) is 0 Å². The van der Waals surface area contributed by atoms with Gasteiger partial charge in [0, 0.05) is 24.7 Å². The van der Waals surface area contributed by atoms with Gasteiger partial charge in [-0.1, -0.05) is 0 Å². The number of nitrogens with one attached hydrogen (secondary N) is 2. The molecule has 0 aromatic carbocycles. The Labute approximate surface area is 133 Å². The number of aromatic amines is 1. The summed E-state index contributed by atoms with van der Waals surface area (Å²) in [7, 11) is 0. The monoisotopic (exact) mass is 319 g/mol. The van der Waals surface area contributed by atoms with E-state index in [0.717, 1.165) is 25.7 Å². The molecule has 1 atom stereocenters. The van der Waals surface area contributed by atoms with E-state index in [4.69, 9.17) is 4.74 Å². The molecule has 1 saturated carbocycles. The normalized spacial score (nSPS) is 22.3. The Morgan fingerprint density at radius 2 is 2.17 bits per heavy atom. The number of carbonyl (C=O) groups is 2. The van der Waals surface area contributed by atoms with Gasteiger partial charge in [-0.05, 0) is 32.6 Å². The highest BCUT2D eigenvalue weighted by Crippen LogP contribution is 2.45. The van der Waals surface area contributed by atoms with Crippen molar-refractivity contribution in [3.05, 3.63) is 27.9 Å². The van der Waals surface area contributed by atoms with Crippen LogP contribution in [0, 0.1) is 12.8 Å². The molecule has 124 valence electrons. The molecular weight excluding hydrogens is 298 g/mol. The first-order valence-electron chi connectivity index (χ1n) is 8.05. The number of aryl methyl sites for hydroxylation is 1. The van der Waals surface area contributed by atoms with Crippen molar-refractivity contribution >= 4 is 11.9 Å². The molecule has 1 aromatic heterocycles. The topological polar surface area (TPSA) is 101 Å². The lowest BCUT2D eigenvalue weighted by Crippen LogP contribution is -2.43. The van der Waals surface area contributed by atoms with Crippen molar-refractivity contribution < 1.29 is 14.3 Å². The lowest BCUT2D eigenvalue weighted by atomic mass is 9.85. The van der Waals surface area contributed by atoms with Crippen LogP contribution in [0.2, 0.25) is 0 Å². The van der Waals surface area contributed by atoms with Gasteiger partial charge in [0.05, 0.1) is 12.3 Å². The van der Waals surface area contributed by atoms with Crippen LogP contribution in [0.25, 0.3) is 0 Å². The van der Waals surface area contributed by atoms with Gasteiger partial charge in [-0.3, -0.25) is 14.4 Å². The summed E-state index contributed by atoms with van der Waals surface area (Å²) in [4.78, 5) is 42.3. The molecule has 7 heteroatoms. The number of nitrogens with zero attached hydrogens (tertiary/aromatic N) is 1. The fourth-order valence-corrected chi connectivity index (χ4v) is 3.65. The van der Waals surface area contributed by atoms with E-state index in [1.165, 1.54) is 6.07 Å². The molecule has 23 heavy (non-hydrogen) atoms. The summed E-state index contributed by atoms with van der Waals surface area (Å²) in [5, 5.41) is 2.86. The van der Waals surface area contributed by atoms with Gasteiger partial charge >= 0.3 is 5.97 Å². The number of amides is 1. The van der Waals surface area contributed by atoms with E-state index in [2.05, 4.69) is 15.3 Å². The molecule has 1 amide bonds. The first kappa shape index (κ1) is 15.7. The number of aromatic nitrogens is 2.